The topological polar surface area (TPSA) is 91.7 Å². The van der Waals surface area contributed by atoms with E-state index in [9.17, 15) is 9.90 Å². The number of carbonyl (C=O) groups excluding carboxylic acids is 1. The zero-order valence-electron chi connectivity index (χ0n) is 12.2. The van der Waals surface area contributed by atoms with E-state index >= 15 is 0 Å². The number of amides is 1. The molecule has 1 aliphatic heterocycles. The Balaban J connectivity index is 1.67. The van der Waals surface area contributed by atoms with Crippen molar-refractivity contribution in [2.45, 2.75) is 12.2 Å². The van der Waals surface area contributed by atoms with Gasteiger partial charge in [0, 0.05) is 17.3 Å². The van der Waals surface area contributed by atoms with Gasteiger partial charge < -0.3 is 20.3 Å². The number of aliphatic hydroxyl groups is 2. The fourth-order valence-corrected chi connectivity index (χ4v) is 2.29. The third-order valence-electron chi connectivity index (χ3n) is 3.52. The van der Waals surface area contributed by atoms with Crippen LogP contribution in [-0.2, 0) is 4.74 Å². The van der Waals surface area contributed by atoms with Gasteiger partial charge in [-0.15, -0.1) is 0 Å². The molecule has 0 saturated carbocycles. The molecule has 0 spiro atoms. The molecule has 6 nitrogen and oxygen atoms in total. The minimum absolute atomic E-state index is 0.0129. The number of carbonyl (C=O) groups is 1. The summed E-state index contributed by atoms with van der Waals surface area (Å²) in [5, 5.41) is 21.4. The van der Waals surface area contributed by atoms with Crippen LogP contribution in [0.25, 0.3) is 0 Å². The maximum Gasteiger partial charge on any atom is 0.256 e. The van der Waals surface area contributed by atoms with Crippen LogP contribution < -0.4 is 5.32 Å². The van der Waals surface area contributed by atoms with Crippen LogP contribution in [0.15, 0.2) is 60.5 Å². The second kappa shape index (κ2) is 6.60. The van der Waals surface area contributed by atoms with E-state index in [-0.39, 0.29) is 18.3 Å². The van der Waals surface area contributed by atoms with E-state index in [0.717, 1.165) is 5.56 Å². The number of benzene rings is 1. The van der Waals surface area contributed by atoms with Crippen molar-refractivity contribution in [2.24, 2.45) is 0 Å². The highest BCUT2D eigenvalue weighted by Gasteiger charge is 2.27. The van der Waals surface area contributed by atoms with E-state index in [2.05, 4.69) is 10.3 Å². The summed E-state index contributed by atoms with van der Waals surface area (Å²) in [7, 11) is 0. The molecule has 1 aliphatic rings. The zero-order chi connectivity index (χ0) is 16.2. The lowest BCUT2D eigenvalue weighted by Gasteiger charge is -2.12. The summed E-state index contributed by atoms with van der Waals surface area (Å²) in [5.41, 5.74) is 1.28. The number of anilines is 1. The molecular weight excluding hydrogens is 296 g/mol. The number of nitrogens with one attached hydrogen (secondary N) is 1. The van der Waals surface area contributed by atoms with E-state index in [0.29, 0.717) is 11.4 Å². The Morgan fingerprint density at radius 1 is 1.22 bits per heavy atom. The lowest BCUT2D eigenvalue weighted by Crippen LogP contribution is -2.16. The van der Waals surface area contributed by atoms with E-state index in [1.165, 1.54) is 6.08 Å². The average molecular weight is 312 g/mol. The maximum atomic E-state index is 12.0. The summed E-state index contributed by atoms with van der Waals surface area (Å²) < 4.78 is 5.48. The Hall–Kier alpha value is -2.70. The molecule has 0 radical (unpaired) electrons. The van der Waals surface area contributed by atoms with Gasteiger partial charge in [-0.1, -0.05) is 24.3 Å². The van der Waals surface area contributed by atoms with Crippen molar-refractivity contribution >= 4 is 11.7 Å². The quantitative estimate of drug-likeness (QED) is 0.805. The number of aliphatic hydroxyl groups excluding tert-OH is 2. The van der Waals surface area contributed by atoms with Gasteiger partial charge in [0.25, 0.3) is 5.91 Å². The Morgan fingerprint density at radius 3 is 2.61 bits per heavy atom. The number of hydrogen-bond donors (Lipinski definition) is 3. The highest BCUT2D eigenvalue weighted by molar-refractivity contribution is 6.03. The van der Waals surface area contributed by atoms with Crippen molar-refractivity contribution in [1.82, 2.24) is 4.98 Å². The Morgan fingerprint density at radius 2 is 2.00 bits per heavy atom. The van der Waals surface area contributed by atoms with Crippen molar-refractivity contribution in [2.75, 3.05) is 11.9 Å². The van der Waals surface area contributed by atoms with Gasteiger partial charge in [-0.25, -0.2) is 4.98 Å². The van der Waals surface area contributed by atoms with Crippen molar-refractivity contribution in [1.29, 1.82) is 0 Å². The Bertz CT molecular complexity index is 713. The van der Waals surface area contributed by atoms with Crippen molar-refractivity contribution in [3.63, 3.8) is 0 Å². The third-order valence-corrected chi connectivity index (χ3v) is 3.52. The minimum Gasteiger partial charge on any atom is -0.510 e. The van der Waals surface area contributed by atoms with Crippen molar-refractivity contribution in [3.05, 3.63) is 71.6 Å². The van der Waals surface area contributed by atoms with Crippen LogP contribution in [-0.4, -0.2) is 33.8 Å². The van der Waals surface area contributed by atoms with Gasteiger partial charge in [0.2, 0.25) is 0 Å². The molecule has 1 amide bonds. The number of nitrogens with zero attached hydrogens (tertiary/aromatic N) is 1. The van der Waals surface area contributed by atoms with Crippen LogP contribution in [0.2, 0.25) is 0 Å². The predicted octanol–water partition coefficient (Wildman–Crippen LogP) is 2.21. The smallest absolute Gasteiger partial charge is 0.256 e. The van der Waals surface area contributed by atoms with Gasteiger partial charge >= 0.3 is 0 Å². The monoisotopic (exact) mass is 312 g/mol. The van der Waals surface area contributed by atoms with Gasteiger partial charge in [0.05, 0.1) is 6.61 Å². The van der Waals surface area contributed by atoms with E-state index < -0.39 is 12.2 Å². The Kier molecular flexibility index (Phi) is 4.36. The summed E-state index contributed by atoms with van der Waals surface area (Å²) in [6, 6.07) is 12.3. The lowest BCUT2D eigenvalue weighted by molar-refractivity contribution is 0.00584. The molecule has 1 aromatic heterocycles. The molecule has 2 atom stereocenters. The van der Waals surface area contributed by atoms with Crippen LogP contribution in [0, 0.1) is 0 Å². The van der Waals surface area contributed by atoms with Crippen LogP contribution in [0.3, 0.4) is 0 Å². The van der Waals surface area contributed by atoms with Gasteiger partial charge in [0.1, 0.15) is 23.8 Å². The molecule has 0 unspecified atom stereocenters. The van der Waals surface area contributed by atoms with E-state index in [1.54, 1.807) is 42.6 Å². The lowest BCUT2D eigenvalue weighted by atomic mass is 10.1. The van der Waals surface area contributed by atoms with Crippen LogP contribution >= 0.6 is 0 Å². The Labute approximate surface area is 133 Å². The first-order valence-corrected chi connectivity index (χ1v) is 7.16. The molecule has 118 valence electrons. The normalized spacial score (nSPS) is 20.1. The molecule has 2 aromatic rings. The summed E-state index contributed by atoms with van der Waals surface area (Å²) in [5.74, 6) is 0.201. The molecule has 0 aliphatic carbocycles. The van der Waals surface area contributed by atoms with Gasteiger partial charge in [-0.2, -0.15) is 0 Å². The zero-order valence-corrected chi connectivity index (χ0v) is 12.2. The first-order valence-electron chi connectivity index (χ1n) is 7.16. The average Bonchev–Trinajstić information content (AvgIpc) is 2.97. The molecule has 3 rings (SSSR count). The van der Waals surface area contributed by atoms with E-state index in [1.807, 2.05) is 6.07 Å². The highest BCUT2D eigenvalue weighted by Crippen LogP contribution is 2.29. The van der Waals surface area contributed by atoms with Gasteiger partial charge in [0.15, 0.2) is 0 Å². The number of hydrogen-bond acceptors (Lipinski definition) is 5. The first-order chi connectivity index (χ1) is 11.2. The molecular formula is C17H16N2O4. The minimum atomic E-state index is -0.697. The number of aromatic nitrogens is 1. The van der Waals surface area contributed by atoms with Crippen LogP contribution in [0.5, 0.6) is 0 Å². The summed E-state index contributed by atoms with van der Waals surface area (Å²) >= 11 is 0. The molecule has 0 saturated heterocycles. The molecule has 0 fully saturated rings. The van der Waals surface area contributed by atoms with Crippen molar-refractivity contribution < 1.29 is 19.7 Å². The van der Waals surface area contributed by atoms with Gasteiger partial charge in [-0.05, 0) is 24.3 Å². The maximum absolute atomic E-state index is 12.0. The highest BCUT2D eigenvalue weighted by atomic mass is 16.5. The standard InChI is InChI=1S/C17H16N2O4/c20-10-15-13(21)8-14(23-15)12-6-7-16(18-9-12)19-17(22)11-4-2-1-3-5-11/h1-9,14-15,20-21H,10H2,(H,18,19,22)/t14-,15-/m1/s1. The predicted molar refractivity (Wildman–Crippen MR) is 84.0 cm³/mol. The fourth-order valence-electron chi connectivity index (χ4n) is 2.29. The molecule has 1 aromatic carbocycles. The van der Waals surface area contributed by atoms with E-state index in [4.69, 9.17) is 9.84 Å². The van der Waals surface area contributed by atoms with Crippen LogP contribution in [0.1, 0.15) is 22.0 Å². The van der Waals surface area contributed by atoms with Crippen molar-refractivity contribution in [3.8, 4) is 0 Å². The second-order valence-electron chi connectivity index (χ2n) is 5.12. The van der Waals surface area contributed by atoms with Gasteiger partial charge in [-0.3, -0.25) is 4.79 Å². The largest absolute Gasteiger partial charge is 0.510 e. The third kappa shape index (κ3) is 3.39. The number of rotatable bonds is 4. The summed E-state index contributed by atoms with van der Waals surface area (Å²) in [6.45, 7) is -0.280. The second-order valence-corrected chi connectivity index (χ2v) is 5.12. The summed E-state index contributed by atoms with van der Waals surface area (Å²) in [4.78, 5) is 16.2. The molecule has 23 heavy (non-hydrogen) atoms. The molecule has 0 bridgehead atoms. The molecule has 6 heteroatoms. The summed E-state index contributed by atoms with van der Waals surface area (Å²) in [6.07, 6.45) is 1.94. The SMILES string of the molecule is O=C(Nc1ccc([C@H]2C=C(O)[C@@H](CO)O2)cn1)c1ccccc1. The molecule has 3 N–H and O–H groups in total. The number of pyridine rings is 1. The molecule has 2 heterocycles. The first kappa shape index (κ1) is 15.2. The van der Waals surface area contributed by atoms with Crippen LogP contribution in [0.4, 0.5) is 5.82 Å². The fraction of sp³-hybridized carbons (Fsp3) is 0.176. The number of ether oxygens (including phenoxy) is 1.